The third-order valence-electron chi connectivity index (χ3n) is 7.55. The number of hydrogen-bond donors (Lipinski definition) is 1. The Morgan fingerprint density at radius 2 is 1.85 bits per heavy atom. The van der Waals surface area contributed by atoms with Crippen LogP contribution in [-0.2, 0) is 11.2 Å². The number of carboxylic acids is 1. The number of halogens is 2. The minimum absolute atomic E-state index is 0.0632. The number of hydrogen-bond acceptors (Lipinski definition) is 2. The van der Waals surface area contributed by atoms with E-state index in [1.807, 2.05) is 24.3 Å². The SMILES string of the molecule is CCc1ccc(F)c([C@H]2CC[C@H](COc3cccc([C@H](C4CC4)C(C)(F)C(=O)O)c3)CC2)c1. The summed E-state index contributed by atoms with van der Waals surface area (Å²) < 4.78 is 35.5. The third kappa shape index (κ3) is 5.39. The zero-order chi connectivity index (χ0) is 23.6. The summed E-state index contributed by atoms with van der Waals surface area (Å²) >= 11 is 0. The van der Waals surface area contributed by atoms with E-state index in [1.165, 1.54) is 12.5 Å². The summed E-state index contributed by atoms with van der Waals surface area (Å²) in [4.78, 5) is 11.5. The topological polar surface area (TPSA) is 46.5 Å². The first kappa shape index (κ1) is 23.7. The first-order valence-electron chi connectivity index (χ1n) is 12.2. The van der Waals surface area contributed by atoms with Crippen LogP contribution in [0.3, 0.4) is 0 Å². The zero-order valence-electron chi connectivity index (χ0n) is 19.5. The van der Waals surface area contributed by atoms with Crippen molar-refractivity contribution in [2.45, 2.75) is 76.3 Å². The van der Waals surface area contributed by atoms with Crippen molar-refractivity contribution in [1.29, 1.82) is 0 Å². The lowest BCUT2D eigenvalue weighted by Gasteiger charge is -2.30. The normalized spacial score (nSPS) is 23.5. The smallest absolute Gasteiger partial charge is 0.341 e. The molecule has 0 heterocycles. The van der Waals surface area contributed by atoms with Crippen LogP contribution >= 0.6 is 0 Å². The van der Waals surface area contributed by atoms with Crippen LogP contribution in [0.15, 0.2) is 42.5 Å². The second-order valence-electron chi connectivity index (χ2n) is 10.0. The van der Waals surface area contributed by atoms with E-state index < -0.39 is 17.6 Å². The Labute approximate surface area is 195 Å². The molecule has 3 nitrogen and oxygen atoms in total. The van der Waals surface area contributed by atoms with Gasteiger partial charge < -0.3 is 9.84 Å². The van der Waals surface area contributed by atoms with Crippen LogP contribution in [0.4, 0.5) is 8.78 Å². The molecule has 2 saturated carbocycles. The fourth-order valence-corrected chi connectivity index (χ4v) is 5.37. The van der Waals surface area contributed by atoms with Crippen LogP contribution in [0.25, 0.3) is 0 Å². The molecule has 2 aliphatic rings. The van der Waals surface area contributed by atoms with Gasteiger partial charge in [0, 0.05) is 5.92 Å². The van der Waals surface area contributed by atoms with Crippen molar-refractivity contribution < 1.29 is 23.4 Å². The Morgan fingerprint density at radius 1 is 1.12 bits per heavy atom. The second-order valence-corrected chi connectivity index (χ2v) is 10.0. The van der Waals surface area contributed by atoms with Crippen molar-refractivity contribution in [2.75, 3.05) is 6.61 Å². The van der Waals surface area contributed by atoms with E-state index in [2.05, 4.69) is 6.92 Å². The molecule has 0 amide bonds. The molecule has 33 heavy (non-hydrogen) atoms. The quantitative estimate of drug-likeness (QED) is 0.440. The van der Waals surface area contributed by atoms with Gasteiger partial charge in [-0.2, -0.15) is 0 Å². The highest BCUT2D eigenvalue weighted by molar-refractivity contribution is 5.78. The van der Waals surface area contributed by atoms with Gasteiger partial charge in [-0.25, -0.2) is 13.6 Å². The van der Waals surface area contributed by atoms with Crippen molar-refractivity contribution in [1.82, 2.24) is 0 Å². The van der Waals surface area contributed by atoms with Crippen molar-refractivity contribution >= 4 is 5.97 Å². The lowest BCUT2D eigenvalue weighted by Crippen LogP contribution is -2.38. The Morgan fingerprint density at radius 3 is 2.48 bits per heavy atom. The average molecular weight is 457 g/mol. The van der Waals surface area contributed by atoms with Crippen LogP contribution in [0.5, 0.6) is 5.75 Å². The summed E-state index contributed by atoms with van der Waals surface area (Å²) in [5, 5.41) is 9.41. The van der Waals surface area contributed by atoms with E-state index in [1.54, 1.807) is 18.2 Å². The molecule has 0 spiro atoms. The number of benzene rings is 2. The molecule has 0 bridgehead atoms. The fourth-order valence-electron chi connectivity index (χ4n) is 5.37. The van der Waals surface area contributed by atoms with E-state index >= 15 is 4.39 Å². The number of aliphatic carboxylic acids is 1. The molecule has 0 saturated heterocycles. The largest absolute Gasteiger partial charge is 0.493 e. The number of carbonyl (C=O) groups is 1. The molecule has 5 heteroatoms. The van der Waals surface area contributed by atoms with Gasteiger partial charge in [0.15, 0.2) is 0 Å². The van der Waals surface area contributed by atoms with Crippen LogP contribution in [0.1, 0.15) is 80.9 Å². The predicted molar refractivity (Wildman–Crippen MR) is 125 cm³/mol. The van der Waals surface area contributed by atoms with Crippen molar-refractivity contribution in [3.8, 4) is 5.75 Å². The van der Waals surface area contributed by atoms with Crippen molar-refractivity contribution in [2.24, 2.45) is 11.8 Å². The lowest BCUT2D eigenvalue weighted by atomic mass is 9.78. The molecule has 178 valence electrons. The van der Waals surface area contributed by atoms with Crippen LogP contribution in [-0.4, -0.2) is 23.4 Å². The van der Waals surface area contributed by atoms with Gasteiger partial charge in [-0.3, -0.25) is 0 Å². The first-order valence-corrected chi connectivity index (χ1v) is 12.2. The van der Waals surface area contributed by atoms with Gasteiger partial charge in [-0.1, -0.05) is 31.2 Å². The molecule has 0 radical (unpaired) electrons. The zero-order valence-corrected chi connectivity index (χ0v) is 19.5. The van der Waals surface area contributed by atoms with Gasteiger partial charge in [-0.05, 0) is 105 Å². The van der Waals surface area contributed by atoms with E-state index in [0.29, 0.717) is 23.8 Å². The number of rotatable bonds is 9. The molecule has 2 aromatic rings. The number of alkyl halides is 1. The molecule has 4 rings (SSSR count). The van der Waals surface area contributed by atoms with Crippen LogP contribution in [0.2, 0.25) is 0 Å². The standard InChI is InChI=1S/C28H34F2O3/c1-3-18-9-14-25(29)24(15-18)20-10-7-19(8-11-20)17-33-23-6-4-5-22(16-23)26(21-12-13-21)28(2,30)27(31)32/h4-6,9,14-16,19-21,26H,3,7-8,10-13,17H2,1-2H3,(H,31,32)/t19-,20-,26-,28?/m0/s1. The molecule has 1 unspecified atom stereocenters. The summed E-state index contributed by atoms with van der Waals surface area (Å²) in [6.45, 7) is 3.82. The third-order valence-corrected chi connectivity index (χ3v) is 7.55. The maximum atomic E-state index is 15.0. The molecule has 1 N–H and O–H groups in total. The first-order chi connectivity index (χ1) is 15.8. The van der Waals surface area contributed by atoms with Gasteiger partial charge in [0.1, 0.15) is 11.6 Å². The van der Waals surface area contributed by atoms with E-state index in [4.69, 9.17) is 4.74 Å². The van der Waals surface area contributed by atoms with Gasteiger partial charge in [0.25, 0.3) is 0 Å². The summed E-state index contributed by atoms with van der Waals surface area (Å²) in [7, 11) is 0. The summed E-state index contributed by atoms with van der Waals surface area (Å²) in [6.07, 6.45) is 6.46. The summed E-state index contributed by atoms with van der Waals surface area (Å²) in [5.41, 5.74) is 0.411. The molecular weight excluding hydrogens is 422 g/mol. The van der Waals surface area contributed by atoms with Crippen LogP contribution in [0, 0.1) is 17.7 Å². The highest BCUT2D eigenvalue weighted by Crippen LogP contribution is 2.50. The van der Waals surface area contributed by atoms with Crippen molar-refractivity contribution in [3.05, 3.63) is 65.0 Å². The maximum Gasteiger partial charge on any atom is 0.341 e. The van der Waals surface area contributed by atoms with Crippen molar-refractivity contribution in [3.63, 3.8) is 0 Å². The molecular formula is C28H34F2O3. The minimum Gasteiger partial charge on any atom is -0.493 e. The number of ether oxygens (including phenoxy) is 1. The molecule has 0 aliphatic heterocycles. The second kappa shape index (κ2) is 9.82. The predicted octanol–water partition coefficient (Wildman–Crippen LogP) is 7.05. The van der Waals surface area contributed by atoms with Gasteiger partial charge in [0.05, 0.1) is 6.61 Å². The number of carboxylic acid groups (broad SMARTS) is 1. The fraction of sp³-hybridized carbons (Fsp3) is 0.536. The highest BCUT2D eigenvalue weighted by Gasteiger charge is 2.50. The lowest BCUT2D eigenvalue weighted by molar-refractivity contribution is -0.151. The van der Waals surface area contributed by atoms with E-state index in [0.717, 1.165) is 50.5 Å². The summed E-state index contributed by atoms with van der Waals surface area (Å²) in [5.74, 6) is -0.807. The Balaban J connectivity index is 1.36. The Bertz CT molecular complexity index is 975. The van der Waals surface area contributed by atoms with Gasteiger partial charge in [0.2, 0.25) is 5.67 Å². The molecule has 2 atom stereocenters. The minimum atomic E-state index is -2.30. The molecule has 2 aromatic carbocycles. The van der Waals surface area contributed by atoms with Gasteiger partial charge >= 0.3 is 5.97 Å². The Kier molecular flexibility index (Phi) is 7.06. The molecule has 2 aliphatic carbocycles. The maximum absolute atomic E-state index is 15.0. The van der Waals surface area contributed by atoms with E-state index in [9.17, 15) is 14.3 Å². The van der Waals surface area contributed by atoms with Crippen LogP contribution < -0.4 is 4.74 Å². The number of aryl methyl sites for hydroxylation is 1. The van der Waals surface area contributed by atoms with Gasteiger partial charge in [-0.15, -0.1) is 0 Å². The molecule has 2 fully saturated rings. The molecule has 0 aromatic heterocycles. The Hall–Kier alpha value is -2.43. The highest BCUT2D eigenvalue weighted by atomic mass is 19.1. The summed E-state index contributed by atoms with van der Waals surface area (Å²) in [6, 6.07) is 12.8. The average Bonchev–Trinajstić information content (AvgIpc) is 3.63. The van der Waals surface area contributed by atoms with E-state index in [-0.39, 0.29) is 17.7 Å². The monoisotopic (exact) mass is 456 g/mol.